The minimum Gasteiger partial charge on any atom is -0.465 e. The molecule has 86 valence electrons. The van der Waals surface area contributed by atoms with Crippen LogP contribution in [0.15, 0.2) is 10.5 Å². The van der Waals surface area contributed by atoms with Crippen LogP contribution >= 0.6 is 0 Å². The molecule has 15 heavy (non-hydrogen) atoms. The van der Waals surface area contributed by atoms with E-state index in [-0.39, 0.29) is 6.54 Å². The monoisotopic (exact) mass is 218 g/mol. The van der Waals surface area contributed by atoms with E-state index in [1.807, 2.05) is 13.0 Å². The number of nitrogens with two attached hydrogens (primary N) is 1. The standard InChI is InChI=1S/C10H16F2N2O/c1-7-8(3-9(4-13)15-7)5-14(2)6-10(11)12/h3,10H,4-6,13H2,1-2H3. The summed E-state index contributed by atoms with van der Waals surface area (Å²) in [6.45, 7) is 2.37. The Balaban J connectivity index is 2.59. The average molecular weight is 218 g/mol. The molecule has 0 bridgehead atoms. The zero-order valence-electron chi connectivity index (χ0n) is 8.96. The number of hydrogen-bond acceptors (Lipinski definition) is 3. The SMILES string of the molecule is Cc1oc(CN)cc1CN(C)CC(F)F. The molecule has 1 aromatic heterocycles. The summed E-state index contributed by atoms with van der Waals surface area (Å²) < 4.78 is 29.5. The van der Waals surface area contributed by atoms with Crippen LogP contribution in [0, 0.1) is 6.92 Å². The van der Waals surface area contributed by atoms with Gasteiger partial charge in [-0.3, -0.25) is 4.90 Å². The first-order chi connectivity index (χ1) is 7.02. The van der Waals surface area contributed by atoms with Crippen LogP contribution in [-0.4, -0.2) is 24.9 Å². The molecular weight excluding hydrogens is 202 g/mol. The maximum absolute atomic E-state index is 12.1. The predicted molar refractivity (Wildman–Crippen MR) is 53.7 cm³/mol. The lowest BCUT2D eigenvalue weighted by Crippen LogP contribution is -2.24. The predicted octanol–water partition coefficient (Wildman–Crippen LogP) is 1.74. The Bertz CT molecular complexity index is 312. The van der Waals surface area contributed by atoms with Crippen molar-refractivity contribution in [2.24, 2.45) is 5.73 Å². The number of nitrogens with zero attached hydrogens (tertiary/aromatic N) is 1. The maximum Gasteiger partial charge on any atom is 0.251 e. The van der Waals surface area contributed by atoms with Crippen molar-refractivity contribution in [3.8, 4) is 0 Å². The van der Waals surface area contributed by atoms with E-state index in [2.05, 4.69) is 0 Å². The van der Waals surface area contributed by atoms with Gasteiger partial charge in [0.05, 0.1) is 13.1 Å². The third-order valence-electron chi connectivity index (χ3n) is 2.16. The van der Waals surface area contributed by atoms with E-state index in [0.717, 1.165) is 11.3 Å². The van der Waals surface area contributed by atoms with Crippen molar-refractivity contribution >= 4 is 0 Å². The van der Waals surface area contributed by atoms with Crippen LogP contribution in [0.3, 0.4) is 0 Å². The van der Waals surface area contributed by atoms with E-state index in [1.54, 1.807) is 11.9 Å². The lowest BCUT2D eigenvalue weighted by molar-refractivity contribution is 0.0973. The number of halogens is 2. The molecule has 0 unspecified atom stereocenters. The van der Waals surface area contributed by atoms with Gasteiger partial charge in [0.2, 0.25) is 0 Å². The molecule has 0 saturated carbocycles. The molecule has 0 saturated heterocycles. The Morgan fingerprint density at radius 2 is 2.20 bits per heavy atom. The minimum atomic E-state index is -2.31. The van der Waals surface area contributed by atoms with Gasteiger partial charge in [0.1, 0.15) is 11.5 Å². The van der Waals surface area contributed by atoms with Crippen molar-refractivity contribution in [1.82, 2.24) is 4.90 Å². The van der Waals surface area contributed by atoms with E-state index in [9.17, 15) is 8.78 Å². The zero-order valence-corrected chi connectivity index (χ0v) is 8.96. The molecule has 5 heteroatoms. The first-order valence-electron chi connectivity index (χ1n) is 4.78. The van der Waals surface area contributed by atoms with Crippen LogP contribution in [0.5, 0.6) is 0 Å². The van der Waals surface area contributed by atoms with E-state index in [1.165, 1.54) is 0 Å². The molecule has 0 aromatic carbocycles. The molecule has 1 rings (SSSR count). The number of rotatable bonds is 5. The third-order valence-corrected chi connectivity index (χ3v) is 2.16. The summed E-state index contributed by atoms with van der Waals surface area (Å²) in [4.78, 5) is 1.56. The van der Waals surface area contributed by atoms with Crippen LogP contribution in [0.1, 0.15) is 17.1 Å². The van der Waals surface area contributed by atoms with Crippen molar-refractivity contribution in [3.63, 3.8) is 0 Å². The van der Waals surface area contributed by atoms with Gasteiger partial charge in [0, 0.05) is 12.1 Å². The number of alkyl halides is 2. The molecule has 0 aliphatic rings. The van der Waals surface area contributed by atoms with Crippen molar-refractivity contribution in [2.45, 2.75) is 26.4 Å². The molecule has 3 nitrogen and oxygen atoms in total. The first-order valence-corrected chi connectivity index (χ1v) is 4.78. The second-order valence-electron chi connectivity index (χ2n) is 3.59. The Labute approximate surface area is 87.8 Å². The van der Waals surface area contributed by atoms with Gasteiger partial charge < -0.3 is 10.2 Å². The van der Waals surface area contributed by atoms with Gasteiger partial charge in [-0.25, -0.2) is 8.78 Å². The van der Waals surface area contributed by atoms with Crippen molar-refractivity contribution in [2.75, 3.05) is 13.6 Å². The van der Waals surface area contributed by atoms with Crippen LogP contribution in [0.25, 0.3) is 0 Å². The molecular formula is C10H16F2N2O. The number of furan rings is 1. The molecule has 0 aliphatic carbocycles. The molecule has 0 radical (unpaired) electrons. The van der Waals surface area contributed by atoms with Crippen molar-refractivity contribution < 1.29 is 13.2 Å². The summed E-state index contributed by atoms with van der Waals surface area (Å²) in [6.07, 6.45) is -2.31. The van der Waals surface area contributed by atoms with Crippen LogP contribution < -0.4 is 5.73 Å². The highest BCUT2D eigenvalue weighted by molar-refractivity contribution is 5.20. The van der Waals surface area contributed by atoms with Crippen LogP contribution in [0.4, 0.5) is 8.78 Å². The number of aryl methyl sites for hydroxylation is 1. The van der Waals surface area contributed by atoms with Gasteiger partial charge in [0.15, 0.2) is 0 Å². The Kier molecular flexibility index (Phi) is 4.23. The number of hydrogen-bond donors (Lipinski definition) is 1. The fraction of sp³-hybridized carbons (Fsp3) is 0.600. The lowest BCUT2D eigenvalue weighted by atomic mass is 10.2. The Hall–Kier alpha value is -0.940. The molecule has 2 N–H and O–H groups in total. The fourth-order valence-corrected chi connectivity index (χ4v) is 1.44. The first kappa shape index (κ1) is 12.1. The average Bonchev–Trinajstić information content (AvgIpc) is 2.46. The quantitative estimate of drug-likeness (QED) is 0.818. The lowest BCUT2D eigenvalue weighted by Gasteiger charge is -2.14. The largest absolute Gasteiger partial charge is 0.465 e. The van der Waals surface area contributed by atoms with E-state index < -0.39 is 6.43 Å². The summed E-state index contributed by atoms with van der Waals surface area (Å²) in [6, 6.07) is 1.82. The third kappa shape index (κ3) is 3.60. The second-order valence-corrected chi connectivity index (χ2v) is 3.59. The summed E-state index contributed by atoms with van der Waals surface area (Å²) >= 11 is 0. The molecule has 1 aromatic rings. The van der Waals surface area contributed by atoms with Gasteiger partial charge in [-0.1, -0.05) is 0 Å². The normalized spacial score (nSPS) is 11.7. The van der Waals surface area contributed by atoms with E-state index >= 15 is 0 Å². The van der Waals surface area contributed by atoms with Crippen molar-refractivity contribution in [1.29, 1.82) is 0 Å². The minimum absolute atomic E-state index is 0.234. The molecule has 0 spiro atoms. The van der Waals surface area contributed by atoms with E-state index in [0.29, 0.717) is 18.8 Å². The molecule has 0 aliphatic heterocycles. The Morgan fingerprint density at radius 3 is 2.67 bits per heavy atom. The van der Waals surface area contributed by atoms with Gasteiger partial charge in [-0.2, -0.15) is 0 Å². The van der Waals surface area contributed by atoms with Crippen LogP contribution in [-0.2, 0) is 13.1 Å². The van der Waals surface area contributed by atoms with Gasteiger partial charge >= 0.3 is 0 Å². The highest BCUT2D eigenvalue weighted by Crippen LogP contribution is 2.16. The molecule has 0 fully saturated rings. The summed E-state index contributed by atoms with van der Waals surface area (Å²) in [5, 5.41) is 0. The smallest absolute Gasteiger partial charge is 0.251 e. The zero-order chi connectivity index (χ0) is 11.4. The Morgan fingerprint density at radius 1 is 1.53 bits per heavy atom. The molecule has 0 atom stereocenters. The van der Waals surface area contributed by atoms with Gasteiger partial charge in [-0.05, 0) is 20.0 Å². The van der Waals surface area contributed by atoms with E-state index in [4.69, 9.17) is 10.2 Å². The second kappa shape index (κ2) is 5.23. The molecule has 1 heterocycles. The summed E-state index contributed by atoms with van der Waals surface area (Å²) in [5.74, 6) is 1.43. The highest BCUT2D eigenvalue weighted by Gasteiger charge is 2.12. The summed E-state index contributed by atoms with van der Waals surface area (Å²) in [7, 11) is 1.65. The van der Waals surface area contributed by atoms with Crippen LogP contribution in [0.2, 0.25) is 0 Å². The van der Waals surface area contributed by atoms with Gasteiger partial charge in [0.25, 0.3) is 6.43 Å². The van der Waals surface area contributed by atoms with Gasteiger partial charge in [-0.15, -0.1) is 0 Å². The highest BCUT2D eigenvalue weighted by atomic mass is 19.3. The molecule has 0 amide bonds. The fourth-order valence-electron chi connectivity index (χ4n) is 1.44. The summed E-state index contributed by atoms with van der Waals surface area (Å²) in [5.41, 5.74) is 6.33. The van der Waals surface area contributed by atoms with Crippen molar-refractivity contribution in [3.05, 3.63) is 23.2 Å². The topological polar surface area (TPSA) is 42.4 Å². The maximum atomic E-state index is 12.1.